The van der Waals surface area contributed by atoms with Crippen LogP contribution in [0.4, 0.5) is 5.69 Å². The third-order valence-corrected chi connectivity index (χ3v) is 4.10. The highest BCUT2D eigenvalue weighted by molar-refractivity contribution is 6.31. The molecule has 1 aromatic carbocycles. The summed E-state index contributed by atoms with van der Waals surface area (Å²) < 4.78 is 0. The van der Waals surface area contributed by atoms with Gasteiger partial charge in [0.25, 0.3) is 0 Å². The van der Waals surface area contributed by atoms with Gasteiger partial charge in [0.2, 0.25) is 5.96 Å². The number of guanidine groups is 1. The molecule has 7 heteroatoms. The summed E-state index contributed by atoms with van der Waals surface area (Å²) in [6, 6.07) is 6.12. The molecule has 1 aromatic rings. The average Bonchev–Trinajstić information content (AvgIpc) is 2.55. The van der Waals surface area contributed by atoms with Gasteiger partial charge in [0.15, 0.2) is 0 Å². The molecule has 0 radical (unpaired) electrons. The van der Waals surface area contributed by atoms with Crippen molar-refractivity contribution in [2.75, 3.05) is 38.1 Å². The van der Waals surface area contributed by atoms with Crippen LogP contribution in [0.3, 0.4) is 0 Å². The van der Waals surface area contributed by atoms with Crippen LogP contribution in [-0.2, 0) is 0 Å². The number of hydrogen-bond donors (Lipinski definition) is 2. The lowest BCUT2D eigenvalue weighted by Crippen LogP contribution is -2.49. The maximum absolute atomic E-state index is 8.01. The molecule has 2 rings (SSSR count). The van der Waals surface area contributed by atoms with Gasteiger partial charge < -0.3 is 15.5 Å². The molecule has 1 saturated heterocycles. The van der Waals surface area contributed by atoms with Gasteiger partial charge in [0, 0.05) is 43.9 Å². The molecule has 0 bridgehead atoms. The smallest absolute Gasteiger partial charge is 0.215 e. The highest BCUT2D eigenvalue weighted by Crippen LogP contribution is 2.24. The third-order valence-electron chi connectivity index (χ3n) is 3.69. The predicted molar refractivity (Wildman–Crippen MR) is 93.7 cm³/mol. The van der Waals surface area contributed by atoms with Crippen molar-refractivity contribution in [3.63, 3.8) is 0 Å². The van der Waals surface area contributed by atoms with E-state index in [9.17, 15) is 0 Å². The number of aryl methyl sites for hydroxylation is 1. The van der Waals surface area contributed by atoms with Gasteiger partial charge in [-0.05, 0) is 24.6 Å². The Bertz CT molecular complexity index is 602. The van der Waals surface area contributed by atoms with E-state index >= 15 is 0 Å². The molecule has 0 unspecified atom stereocenters. The van der Waals surface area contributed by atoms with Gasteiger partial charge in [-0.15, -0.1) is 0 Å². The van der Waals surface area contributed by atoms with Gasteiger partial charge >= 0.3 is 0 Å². The van der Waals surface area contributed by atoms with Crippen LogP contribution in [0.5, 0.6) is 0 Å². The Morgan fingerprint density at radius 1 is 1.32 bits per heavy atom. The Morgan fingerprint density at radius 3 is 2.59 bits per heavy atom. The van der Waals surface area contributed by atoms with Crippen molar-refractivity contribution in [3.05, 3.63) is 28.8 Å². The van der Waals surface area contributed by atoms with Gasteiger partial charge in [-0.2, -0.15) is 0 Å². The second kappa shape index (κ2) is 7.26. The van der Waals surface area contributed by atoms with Gasteiger partial charge in [-0.25, -0.2) is 4.99 Å². The summed E-state index contributed by atoms with van der Waals surface area (Å²) in [5.74, 6) is 0.533. The van der Waals surface area contributed by atoms with E-state index in [4.69, 9.17) is 22.7 Å². The molecule has 0 spiro atoms. The van der Waals surface area contributed by atoms with E-state index in [1.807, 2.05) is 24.0 Å². The number of amidine groups is 1. The molecule has 0 aromatic heterocycles. The summed E-state index contributed by atoms with van der Waals surface area (Å²) in [5, 5.41) is 8.80. The fraction of sp³-hybridized carbons (Fsp3) is 0.400. The van der Waals surface area contributed by atoms with Crippen molar-refractivity contribution >= 4 is 35.3 Å². The van der Waals surface area contributed by atoms with E-state index in [2.05, 4.69) is 21.0 Å². The van der Waals surface area contributed by atoms with E-state index in [0.29, 0.717) is 5.84 Å². The molecule has 1 aliphatic rings. The summed E-state index contributed by atoms with van der Waals surface area (Å²) in [7, 11) is 1.57. The SMILES string of the molecule is CN=C(N)N=CC(=N)N1CCN(c2ccc(C)c(Cl)c2)CC1. The molecule has 22 heavy (non-hydrogen) atoms. The molecular formula is C15H21ClN6. The molecule has 118 valence electrons. The highest BCUT2D eigenvalue weighted by Gasteiger charge is 2.18. The Labute approximate surface area is 135 Å². The first-order valence-electron chi connectivity index (χ1n) is 7.12. The number of piperazine rings is 1. The monoisotopic (exact) mass is 320 g/mol. The number of anilines is 1. The lowest BCUT2D eigenvalue weighted by Gasteiger charge is -2.36. The van der Waals surface area contributed by atoms with Crippen LogP contribution in [0.2, 0.25) is 5.02 Å². The van der Waals surface area contributed by atoms with E-state index < -0.39 is 0 Å². The van der Waals surface area contributed by atoms with E-state index in [1.54, 1.807) is 7.05 Å². The van der Waals surface area contributed by atoms with Crippen molar-refractivity contribution in [1.29, 1.82) is 5.41 Å². The van der Waals surface area contributed by atoms with Gasteiger partial charge in [-0.3, -0.25) is 10.4 Å². The number of nitrogens with zero attached hydrogens (tertiary/aromatic N) is 4. The minimum atomic E-state index is 0.178. The molecule has 0 aliphatic carbocycles. The first-order chi connectivity index (χ1) is 10.5. The molecule has 1 fully saturated rings. The zero-order chi connectivity index (χ0) is 16.1. The zero-order valence-corrected chi connectivity index (χ0v) is 13.6. The minimum Gasteiger partial charge on any atom is -0.368 e. The lowest BCUT2D eigenvalue weighted by molar-refractivity contribution is 0.388. The third kappa shape index (κ3) is 3.98. The van der Waals surface area contributed by atoms with Gasteiger partial charge in [0.1, 0.15) is 5.84 Å². The minimum absolute atomic E-state index is 0.178. The van der Waals surface area contributed by atoms with E-state index in [0.717, 1.165) is 42.5 Å². The topological polar surface area (TPSA) is 81.1 Å². The summed E-state index contributed by atoms with van der Waals surface area (Å²) >= 11 is 6.19. The molecule has 1 aliphatic heterocycles. The summed E-state index contributed by atoms with van der Waals surface area (Å²) in [6.07, 6.45) is 1.45. The summed E-state index contributed by atoms with van der Waals surface area (Å²) in [6.45, 7) is 5.20. The van der Waals surface area contributed by atoms with Crippen molar-refractivity contribution < 1.29 is 0 Å². The van der Waals surface area contributed by atoms with E-state index in [-0.39, 0.29) is 5.96 Å². The largest absolute Gasteiger partial charge is 0.368 e. The quantitative estimate of drug-likeness (QED) is 0.643. The number of rotatable bonds is 2. The first kappa shape index (κ1) is 16.3. The lowest BCUT2D eigenvalue weighted by atomic mass is 10.2. The fourth-order valence-corrected chi connectivity index (χ4v) is 2.43. The number of halogens is 1. The van der Waals surface area contributed by atoms with Gasteiger partial charge in [-0.1, -0.05) is 17.7 Å². The van der Waals surface area contributed by atoms with Crippen LogP contribution in [0.25, 0.3) is 0 Å². The van der Waals surface area contributed by atoms with Crippen LogP contribution >= 0.6 is 11.6 Å². The fourth-order valence-electron chi connectivity index (χ4n) is 2.25. The first-order valence-corrected chi connectivity index (χ1v) is 7.50. The molecule has 6 nitrogen and oxygen atoms in total. The molecule has 3 N–H and O–H groups in total. The number of nitrogens with one attached hydrogen (secondary N) is 1. The maximum Gasteiger partial charge on any atom is 0.215 e. The molecular weight excluding hydrogens is 300 g/mol. The maximum atomic E-state index is 8.01. The van der Waals surface area contributed by atoms with Crippen molar-refractivity contribution in [3.8, 4) is 0 Å². The summed E-state index contributed by atoms with van der Waals surface area (Å²) in [4.78, 5) is 11.9. The Balaban J connectivity index is 1.94. The second-order valence-electron chi connectivity index (χ2n) is 5.13. The normalized spacial score (nSPS) is 16.4. The van der Waals surface area contributed by atoms with Crippen LogP contribution in [0.15, 0.2) is 28.2 Å². The van der Waals surface area contributed by atoms with Crippen LogP contribution in [-0.4, -0.2) is 56.1 Å². The average molecular weight is 321 g/mol. The number of hydrogen-bond acceptors (Lipinski definition) is 3. The molecule has 0 atom stereocenters. The zero-order valence-electron chi connectivity index (χ0n) is 12.9. The van der Waals surface area contributed by atoms with E-state index in [1.165, 1.54) is 6.21 Å². The Morgan fingerprint density at radius 2 is 2.00 bits per heavy atom. The van der Waals surface area contributed by atoms with Crippen molar-refractivity contribution in [2.45, 2.75) is 6.92 Å². The molecule has 0 saturated carbocycles. The van der Waals surface area contributed by atoms with Crippen molar-refractivity contribution in [2.24, 2.45) is 15.7 Å². The Kier molecular flexibility index (Phi) is 5.38. The summed E-state index contributed by atoms with van der Waals surface area (Å²) in [5.41, 5.74) is 7.70. The predicted octanol–water partition coefficient (Wildman–Crippen LogP) is 1.76. The highest BCUT2D eigenvalue weighted by atomic mass is 35.5. The number of benzene rings is 1. The number of nitrogens with two attached hydrogens (primary N) is 1. The van der Waals surface area contributed by atoms with Crippen LogP contribution < -0.4 is 10.6 Å². The molecule has 1 heterocycles. The number of aliphatic imine (C=N–C) groups is 2. The van der Waals surface area contributed by atoms with Crippen molar-refractivity contribution in [1.82, 2.24) is 4.90 Å². The van der Waals surface area contributed by atoms with Gasteiger partial charge in [0.05, 0.1) is 6.21 Å². The standard InChI is InChI=1S/C15H21ClN6/c1-11-3-4-12(9-13(11)16)21-5-7-22(8-6-21)14(17)10-20-15(18)19-2/h3-4,9-10,17H,5-8H2,1-2H3,(H2,18,19). The molecule has 0 amide bonds. The Hall–Kier alpha value is -2.08. The van der Waals surface area contributed by atoms with Crippen LogP contribution in [0.1, 0.15) is 5.56 Å². The second-order valence-corrected chi connectivity index (χ2v) is 5.54. The van der Waals surface area contributed by atoms with Crippen LogP contribution in [0, 0.1) is 12.3 Å².